The van der Waals surface area contributed by atoms with Gasteiger partial charge in [-0.15, -0.1) is 0 Å². The molecule has 0 saturated carbocycles. The zero-order chi connectivity index (χ0) is 15.4. The maximum absolute atomic E-state index is 13.5. The predicted octanol–water partition coefficient (Wildman–Crippen LogP) is 2.55. The number of nitrogens with one attached hydrogen (secondary N) is 1. The molecule has 0 saturated heterocycles. The fraction of sp³-hybridized carbons (Fsp3) is 0.278. The number of fused-ring (bicyclic) bond motifs is 1. The number of hydrogen-bond acceptors (Lipinski definition) is 2. The summed E-state index contributed by atoms with van der Waals surface area (Å²) in [6, 6.07) is 14.8. The quantitative estimate of drug-likeness (QED) is 0.920. The van der Waals surface area contributed by atoms with Gasteiger partial charge in [0.15, 0.2) is 0 Å². The van der Waals surface area contributed by atoms with E-state index >= 15 is 0 Å². The Balaban J connectivity index is 1.49. The zero-order valence-corrected chi connectivity index (χ0v) is 12.4. The molecule has 114 valence electrons. The van der Waals surface area contributed by atoms with E-state index in [0.717, 1.165) is 18.7 Å². The number of rotatable bonds is 5. The van der Waals surface area contributed by atoms with Gasteiger partial charge in [-0.05, 0) is 36.1 Å². The predicted molar refractivity (Wildman–Crippen MR) is 85.5 cm³/mol. The SMILES string of the molecule is O=C(CN1CCc2ccccc21)NCCc1ccccc1F. The lowest BCUT2D eigenvalue weighted by molar-refractivity contribution is -0.119. The molecular formula is C18H19FN2O. The average Bonchev–Trinajstić information content (AvgIpc) is 2.92. The van der Waals surface area contributed by atoms with Crippen molar-refractivity contribution in [3.63, 3.8) is 0 Å². The molecule has 0 atom stereocenters. The molecule has 0 aliphatic carbocycles. The molecule has 1 heterocycles. The van der Waals surface area contributed by atoms with Gasteiger partial charge in [-0.25, -0.2) is 4.39 Å². The summed E-state index contributed by atoms with van der Waals surface area (Å²) in [7, 11) is 0. The lowest BCUT2D eigenvalue weighted by atomic mass is 10.1. The van der Waals surface area contributed by atoms with Crippen LogP contribution in [0.25, 0.3) is 0 Å². The first-order valence-corrected chi connectivity index (χ1v) is 7.57. The van der Waals surface area contributed by atoms with Crippen molar-refractivity contribution in [1.82, 2.24) is 5.32 Å². The van der Waals surface area contributed by atoms with Gasteiger partial charge < -0.3 is 10.2 Å². The summed E-state index contributed by atoms with van der Waals surface area (Å²) in [6.45, 7) is 1.68. The Labute approximate surface area is 129 Å². The van der Waals surface area contributed by atoms with Gasteiger partial charge in [0.2, 0.25) is 5.91 Å². The third-order valence-electron chi connectivity index (χ3n) is 3.99. The van der Waals surface area contributed by atoms with E-state index in [9.17, 15) is 9.18 Å². The molecule has 4 heteroatoms. The topological polar surface area (TPSA) is 32.3 Å². The van der Waals surface area contributed by atoms with Crippen LogP contribution in [0.2, 0.25) is 0 Å². The molecule has 0 radical (unpaired) electrons. The third kappa shape index (κ3) is 3.27. The van der Waals surface area contributed by atoms with Crippen LogP contribution in [0.5, 0.6) is 0 Å². The number of nitrogens with zero attached hydrogens (tertiary/aromatic N) is 1. The Hall–Kier alpha value is -2.36. The molecule has 1 amide bonds. The minimum atomic E-state index is -0.217. The Morgan fingerprint density at radius 2 is 1.91 bits per heavy atom. The number of hydrogen-bond donors (Lipinski definition) is 1. The highest BCUT2D eigenvalue weighted by Gasteiger charge is 2.20. The molecule has 1 aliphatic heterocycles. The lowest BCUT2D eigenvalue weighted by Gasteiger charge is -2.18. The first-order chi connectivity index (χ1) is 10.7. The summed E-state index contributed by atoms with van der Waals surface area (Å²) in [6.07, 6.45) is 1.49. The summed E-state index contributed by atoms with van der Waals surface area (Å²) in [5, 5.41) is 2.87. The summed E-state index contributed by atoms with van der Waals surface area (Å²) in [5.74, 6) is -0.238. The van der Waals surface area contributed by atoms with Crippen LogP contribution in [0.15, 0.2) is 48.5 Å². The fourth-order valence-electron chi connectivity index (χ4n) is 2.84. The molecule has 2 aromatic rings. The van der Waals surface area contributed by atoms with Gasteiger partial charge in [0.05, 0.1) is 6.54 Å². The summed E-state index contributed by atoms with van der Waals surface area (Å²) in [5.41, 5.74) is 3.07. The second-order valence-electron chi connectivity index (χ2n) is 5.49. The van der Waals surface area contributed by atoms with Gasteiger partial charge in [-0.1, -0.05) is 36.4 Å². The zero-order valence-electron chi connectivity index (χ0n) is 12.4. The molecule has 3 nitrogen and oxygen atoms in total. The molecule has 1 aliphatic rings. The molecule has 2 aromatic carbocycles. The van der Waals surface area contributed by atoms with E-state index < -0.39 is 0 Å². The van der Waals surface area contributed by atoms with Crippen LogP contribution in [-0.2, 0) is 17.6 Å². The molecule has 3 rings (SSSR count). The van der Waals surface area contributed by atoms with E-state index in [1.165, 1.54) is 11.6 Å². The van der Waals surface area contributed by atoms with Crippen LogP contribution in [0.4, 0.5) is 10.1 Å². The van der Waals surface area contributed by atoms with Crippen molar-refractivity contribution >= 4 is 11.6 Å². The van der Waals surface area contributed by atoms with Gasteiger partial charge >= 0.3 is 0 Å². The van der Waals surface area contributed by atoms with Gasteiger partial charge in [0.25, 0.3) is 0 Å². The van der Waals surface area contributed by atoms with Gasteiger partial charge in [-0.2, -0.15) is 0 Å². The van der Waals surface area contributed by atoms with Crippen LogP contribution in [0.1, 0.15) is 11.1 Å². The van der Waals surface area contributed by atoms with Crippen LogP contribution in [0, 0.1) is 5.82 Å². The number of carbonyl (C=O) groups is 1. The molecular weight excluding hydrogens is 279 g/mol. The molecule has 0 unspecified atom stereocenters. The Bertz CT molecular complexity index is 672. The van der Waals surface area contributed by atoms with Crippen LogP contribution in [-0.4, -0.2) is 25.5 Å². The highest BCUT2D eigenvalue weighted by molar-refractivity contribution is 5.82. The first kappa shape index (κ1) is 14.6. The van der Waals surface area contributed by atoms with Gasteiger partial charge in [0, 0.05) is 18.8 Å². The third-order valence-corrected chi connectivity index (χ3v) is 3.99. The number of amides is 1. The van der Waals surface area contributed by atoms with E-state index in [-0.39, 0.29) is 11.7 Å². The minimum absolute atomic E-state index is 0.0203. The number of para-hydroxylation sites is 1. The molecule has 0 fully saturated rings. The Kier molecular flexibility index (Phi) is 4.37. The minimum Gasteiger partial charge on any atom is -0.362 e. The van der Waals surface area contributed by atoms with Crippen molar-refractivity contribution in [1.29, 1.82) is 0 Å². The van der Waals surface area contributed by atoms with Crippen LogP contribution in [0.3, 0.4) is 0 Å². The van der Waals surface area contributed by atoms with Crippen molar-refractivity contribution < 1.29 is 9.18 Å². The van der Waals surface area contributed by atoms with Crippen molar-refractivity contribution in [3.8, 4) is 0 Å². The number of anilines is 1. The smallest absolute Gasteiger partial charge is 0.239 e. The maximum atomic E-state index is 13.5. The second-order valence-corrected chi connectivity index (χ2v) is 5.49. The lowest BCUT2D eigenvalue weighted by Crippen LogP contribution is -2.37. The molecule has 1 N–H and O–H groups in total. The van der Waals surface area contributed by atoms with Crippen LogP contribution >= 0.6 is 0 Å². The van der Waals surface area contributed by atoms with Crippen molar-refractivity contribution in [2.45, 2.75) is 12.8 Å². The normalized spacial score (nSPS) is 13.0. The van der Waals surface area contributed by atoms with E-state index in [2.05, 4.69) is 22.3 Å². The molecule has 0 bridgehead atoms. The highest BCUT2D eigenvalue weighted by atomic mass is 19.1. The monoisotopic (exact) mass is 298 g/mol. The Morgan fingerprint density at radius 1 is 1.14 bits per heavy atom. The molecule has 0 spiro atoms. The van der Waals surface area contributed by atoms with Crippen LogP contribution < -0.4 is 10.2 Å². The van der Waals surface area contributed by atoms with E-state index in [1.807, 2.05) is 12.1 Å². The Morgan fingerprint density at radius 3 is 2.77 bits per heavy atom. The summed E-state index contributed by atoms with van der Waals surface area (Å²) >= 11 is 0. The summed E-state index contributed by atoms with van der Waals surface area (Å²) < 4.78 is 13.5. The average molecular weight is 298 g/mol. The van der Waals surface area contributed by atoms with E-state index in [1.54, 1.807) is 18.2 Å². The van der Waals surface area contributed by atoms with E-state index in [0.29, 0.717) is 25.1 Å². The van der Waals surface area contributed by atoms with Crippen molar-refractivity contribution in [3.05, 3.63) is 65.5 Å². The van der Waals surface area contributed by atoms with Gasteiger partial charge in [0.1, 0.15) is 5.82 Å². The standard InChI is InChI=1S/C18H19FN2O/c19-16-7-3-1-5-14(16)9-11-20-18(22)13-21-12-10-15-6-2-4-8-17(15)21/h1-8H,9-13H2,(H,20,22). The van der Waals surface area contributed by atoms with E-state index in [4.69, 9.17) is 0 Å². The molecule has 0 aromatic heterocycles. The first-order valence-electron chi connectivity index (χ1n) is 7.57. The number of benzene rings is 2. The largest absolute Gasteiger partial charge is 0.362 e. The summed E-state index contributed by atoms with van der Waals surface area (Å²) in [4.78, 5) is 14.1. The second kappa shape index (κ2) is 6.60. The molecule has 22 heavy (non-hydrogen) atoms. The highest BCUT2D eigenvalue weighted by Crippen LogP contribution is 2.26. The number of carbonyl (C=O) groups excluding carboxylic acids is 1. The van der Waals surface area contributed by atoms with Gasteiger partial charge in [-0.3, -0.25) is 4.79 Å². The van der Waals surface area contributed by atoms with Crippen molar-refractivity contribution in [2.75, 3.05) is 24.5 Å². The maximum Gasteiger partial charge on any atom is 0.239 e. The van der Waals surface area contributed by atoms with Crippen molar-refractivity contribution in [2.24, 2.45) is 0 Å². The fourth-order valence-corrected chi connectivity index (χ4v) is 2.84. The number of halogens is 1.